The van der Waals surface area contributed by atoms with Crippen LogP contribution in [0.25, 0.3) is 17.0 Å². The highest BCUT2D eigenvalue weighted by atomic mass is 16.4. The largest absolute Gasteiger partial charge is 0.477 e. The van der Waals surface area contributed by atoms with Gasteiger partial charge in [0, 0.05) is 29.7 Å². The van der Waals surface area contributed by atoms with E-state index in [0.29, 0.717) is 29.6 Å². The Hall–Kier alpha value is -3.59. The van der Waals surface area contributed by atoms with Gasteiger partial charge in [0.15, 0.2) is 0 Å². The van der Waals surface area contributed by atoms with Crippen LogP contribution in [-0.2, 0) is 15.6 Å². The Balaban J connectivity index is 1.64. The van der Waals surface area contributed by atoms with Crippen molar-refractivity contribution in [2.24, 2.45) is 5.41 Å². The third-order valence-corrected chi connectivity index (χ3v) is 8.59. The summed E-state index contributed by atoms with van der Waals surface area (Å²) in [5.41, 5.74) is 5.32. The van der Waals surface area contributed by atoms with E-state index in [2.05, 4.69) is 52.5 Å². The monoisotopic (exact) mass is 512 g/mol. The van der Waals surface area contributed by atoms with Gasteiger partial charge in [-0.05, 0) is 76.8 Å². The fraction of sp³-hybridized carbons (Fsp3) is 0.469. The van der Waals surface area contributed by atoms with Gasteiger partial charge < -0.3 is 14.4 Å². The molecule has 1 aromatic heterocycles. The molecule has 6 heteroatoms. The fourth-order valence-corrected chi connectivity index (χ4v) is 6.46. The van der Waals surface area contributed by atoms with Crippen molar-refractivity contribution in [1.29, 1.82) is 5.26 Å². The highest BCUT2D eigenvalue weighted by molar-refractivity contribution is 5.93. The van der Waals surface area contributed by atoms with Crippen molar-refractivity contribution < 1.29 is 14.3 Å². The minimum absolute atomic E-state index is 0.0259. The first-order valence-corrected chi connectivity index (χ1v) is 13.4. The van der Waals surface area contributed by atoms with Crippen LogP contribution in [-0.4, -0.2) is 24.2 Å². The molecule has 0 saturated carbocycles. The number of nitrogens with zero attached hydrogens (tertiary/aromatic N) is 2. The lowest BCUT2D eigenvalue weighted by Gasteiger charge is -2.48. The molecule has 3 aliphatic rings. The maximum absolute atomic E-state index is 13.2. The Morgan fingerprint density at radius 2 is 1.74 bits per heavy atom. The Morgan fingerprint density at radius 1 is 1.05 bits per heavy atom. The number of carboxylic acids is 1. The normalized spacial score (nSPS) is 22.6. The zero-order valence-corrected chi connectivity index (χ0v) is 23.2. The van der Waals surface area contributed by atoms with Gasteiger partial charge in [-0.1, -0.05) is 53.7 Å². The molecule has 1 aliphatic carbocycles. The molecular weight excluding hydrogens is 476 g/mol. The zero-order chi connectivity index (χ0) is 27.6. The summed E-state index contributed by atoms with van der Waals surface area (Å²) in [7, 11) is 0. The van der Waals surface area contributed by atoms with Crippen molar-refractivity contribution >= 4 is 28.7 Å². The highest BCUT2D eigenvalue weighted by Crippen LogP contribution is 2.51. The molecule has 3 heterocycles. The van der Waals surface area contributed by atoms with Crippen LogP contribution in [0.3, 0.4) is 0 Å². The van der Waals surface area contributed by atoms with Crippen molar-refractivity contribution in [2.75, 3.05) is 18.0 Å². The molecular formula is C32H36N2O4. The number of hydrogen-bond acceptors (Lipinski definition) is 5. The predicted molar refractivity (Wildman–Crippen MR) is 150 cm³/mol. The van der Waals surface area contributed by atoms with Crippen molar-refractivity contribution in [1.82, 2.24) is 0 Å². The first kappa shape index (κ1) is 26.0. The van der Waals surface area contributed by atoms with Crippen LogP contribution in [0.1, 0.15) is 83.9 Å². The Kier molecular flexibility index (Phi) is 5.98. The third kappa shape index (κ3) is 4.38. The molecule has 6 nitrogen and oxygen atoms in total. The number of benzene rings is 1. The number of hydrogen-bond donors (Lipinski definition) is 1. The molecule has 5 rings (SSSR count). The van der Waals surface area contributed by atoms with Crippen LogP contribution >= 0.6 is 0 Å². The molecule has 1 N–H and O–H groups in total. The van der Waals surface area contributed by atoms with Crippen molar-refractivity contribution in [2.45, 2.75) is 78.1 Å². The van der Waals surface area contributed by atoms with Crippen LogP contribution in [0.15, 0.2) is 50.2 Å². The standard InChI is InChI=1S/C32H36N2O4/c1-30(2)16-19(13-22(17-30)23(18-33)28(35)36)7-8-20-14-21-15-24-26-25(27(21)38-29(20)37)32(5,6)10-12-34(26)11-9-31(24,3)4/h7-8,13-15H,9-12,16-17H2,1-6H3,(H,35,36)/b8-7+,23-22-. The number of aliphatic carboxylic acids is 1. The fourth-order valence-electron chi connectivity index (χ4n) is 6.46. The molecule has 0 radical (unpaired) electrons. The van der Waals surface area contributed by atoms with E-state index in [1.807, 2.05) is 18.2 Å². The van der Waals surface area contributed by atoms with Gasteiger partial charge in [0.05, 0.1) is 5.56 Å². The maximum Gasteiger partial charge on any atom is 0.346 e. The zero-order valence-electron chi connectivity index (χ0n) is 23.2. The summed E-state index contributed by atoms with van der Waals surface area (Å²) in [6, 6.07) is 5.97. The van der Waals surface area contributed by atoms with Gasteiger partial charge in [0.25, 0.3) is 0 Å². The van der Waals surface area contributed by atoms with Gasteiger partial charge >= 0.3 is 11.6 Å². The average Bonchev–Trinajstić information content (AvgIpc) is 2.80. The van der Waals surface area contributed by atoms with E-state index < -0.39 is 5.97 Å². The summed E-state index contributed by atoms with van der Waals surface area (Å²) < 4.78 is 6.07. The summed E-state index contributed by atoms with van der Waals surface area (Å²) in [6.07, 6.45) is 8.69. The minimum Gasteiger partial charge on any atom is -0.477 e. The molecule has 0 amide bonds. The van der Waals surface area contributed by atoms with Crippen molar-refractivity contribution in [3.05, 3.63) is 68.1 Å². The summed E-state index contributed by atoms with van der Waals surface area (Å²) >= 11 is 0. The van der Waals surface area contributed by atoms with Crippen LogP contribution in [0.5, 0.6) is 0 Å². The Morgan fingerprint density at radius 3 is 2.39 bits per heavy atom. The number of allylic oxidation sites excluding steroid dienone is 4. The molecule has 0 bridgehead atoms. The number of carbonyl (C=O) groups is 1. The third-order valence-electron chi connectivity index (χ3n) is 8.59. The molecule has 38 heavy (non-hydrogen) atoms. The molecule has 0 atom stereocenters. The van der Waals surface area contributed by atoms with Gasteiger partial charge in [-0.15, -0.1) is 0 Å². The topological polar surface area (TPSA) is 94.5 Å². The second-order valence-electron chi connectivity index (χ2n) is 13.2. The number of fused-ring (bicyclic) bond motifs is 2. The number of anilines is 1. The lowest BCUT2D eigenvalue weighted by atomic mass is 9.69. The van der Waals surface area contributed by atoms with E-state index in [1.54, 1.807) is 12.2 Å². The van der Waals surface area contributed by atoms with Crippen LogP contribution < -0.4 is 10.5 Å². The molecule has 198 valence electrons. The molecule has 0 fully saturated rings. The number of nitriles is 1. The average molecular weight is 513 g/mol. The quantitative estimate of drug-likeness (QED) is 0.282. The summed E-state index contributed by atoms with van der Waals surface area (Å²) in [5, 5.41) is 19.8. The summed E-state index contributed by atoms with van der Waals surface area (Å²) in [4.78, 5) is 27.3. The van der Waals surface area contributed by atoms with Crippen molar-refractivity contribution in [3.8, 4) is 6.07 Å². The highest BCUT2D eigenvalue weighted by Gasteiger charge is 2.42. The maximum atomic E-state index is 13.2. The summed E-state index contributed by atoms with van der Waals surface area (Å²) in [6.45, 7) is 15.2. The van der Waals surface area contributed by atoms with E-state index in [0.717, 1.165) is 42.5 Å². The summed E-state index contributed by atoms with van der Waals surface area (Å²) in [5.74, 6) is -1.22. The Bertz CT molecular complexity index is 1550. The Labute approximate surface area is 223 Å². The SMILES string of the molecule is CC1(C)CC(/C=C/c2cc3cc4c5c(c3oc2=O)C(C)(C)CCN5CCC4(C)C)=CC(=C(\C#N)C(=O)O)/C1. The molecule has 1 aromatic carbocycles. The van der Waals surface area contributed by atoms with Crippen LogP contribution in [0.2, 0.25) is 0 Å². The van der Waals surface area contributed by atoms with Gasteiger partial charge in [-0.25, -0.2) is 9.59 Å². The number of carboxylic acid groups (broad SMARTS) is 1. The molecule has 0 spiro atoms. The predicted octanol–water partition coefficient (Wildman–Crippen LogP) is 6.63. The van der Waals surface area contributed by atoms with E-state index >= 15 is 0 Å². The molecule has 2 aromatic rings. The second-order valence-corrected chi connectivity index (χ2v) is 13.2. The van der Waals surface area contributed by atoms with E-state index in [4.69, 9.17) is 4.42 Å². The van der Waals surface area contributed by atoms with Gasteiger partial charge in [-0.2, -0.15) is 5.26 Å². The number of rotatable bonds is 3. The van der Waals surface area contributed by atoms with E-state index in [9.17, 15) is 20.0 Å². The molecule has 2 aliphatic heterocycles. The van der Waals surface area contributed by atoms with Crippen LogP contribution in [0, 0.1) is 16.7 Å². The molecule has 0 saturated heterocycles. The first-order chi connectivity index (χ1) is 17.7. The smallest absolute Gasteiger partial charge is 0.346 e. The van der Waals surface area contributed by atoms with Crippen LogP contribution in [0.4, 0.5) is 5.69 Å². The lowest BCUT2D eigenvalue weighted by molar-refractivity contribution is -0.132. The second kappa shape index (κ2) is 8.73. The van der Waals surface area contributed by atoms with E-state index in [-0.39, 0.29) is 27.4 Å². The van der Waals surface area contributed by atoms with E-state index in [1.165, 1.54) is 11.3 Å². The first-order valence-electron chi connectivity index (χ1n) is 13.4. The van der Waals surface area contributed by atoms with Gasteiger partial charge in [0.2, 0.25) is 0 Å². The van der Waals surface area contributed by atoms with Crippen molar-refractivity contribution in [3.63, 3.8) is 0 Å². The minimum atomic E-state index is -1.22. The van der Waals surface area contributed by atoms with Gasteiger partial charge in [0.1, 0.15) is 17.2 Å². The lowest BCUT2D eigenvalue weighted by Crippen LogP contribution is -2.44. The van der Waals surface area contributed by atoms with Gasteiger partial charge in [-0.3, -0.25) is 0 Å². The molecule has 0 unspecified atom stereocenters.